The molecule has 7 heteroatoms. The van der Waals surface area contributed by atoms with Gasteiger partial charge in [0.05, 0.1) is 6.54 Å². The Kier molecular flexibility index (Phi) is 3.40. The summed E-state index contributed by atoms with van der Waals surface area (Å²) in [5.41, 5.74) is 0. The molecular weight excluding hydrogens is 249 g/mol. The molecule has 0 saturated carbocycles. The van der Waals surface area contributed by atoms with Crippen molar-refractivity contribution in [2.45, 2.75) is 18.7 Å². The number of ether oxygens (including phenoxy) is 1. The van der Waals surface area contributed by atoms with E-state index in [1.165, 1.54) is 0 Å². The summed E-state index contributed by atoms with van der Waals surface area (Å²) in [5, 5.41) is 0. The van der Waals surface area contributed by atoms with Crippen molar-refractivity contribution in [2.24, 2.45) is 0 Å². The number of carbonyl (C=O) groups is 1. The molecule has 0 bridgehead atoms. The first-order valence-corrected chi connectivity index (χ1v) is 5.40. The number of rotatable bonds is 2. The van der Waals surface area contributed by atoms with Crippen LogP contribution >= 0.6 is 0 Å². The highest BCUT2D eigenvalue weighted by Gasteiger charge is 2.43. The van der Waals surface area contributed by atoms with Crippen molar-refractivity contribution in [2.75, 3.05) is 18.0 Å². The Morgan fingerprint density at radius 3 is 2.83 bits per heavy atom. The van der Waals surface area contributed by atoms with Crippen molar-refractivity contribution in [3.63, 3.8) is 0 Å². The predicted octanol–water partition coefficient (Wildman–Crippen LogP) is 1.77. The van der Waals surface area contributed by atoms with Crippen molar-refractivity contribution in [3.8, 4) is 0 Å². The summed E-state index contributed by atoms with van der Waals surface area (Å²) in [6.45, 7) is 0.756. The Morgan fingerprint density at radius 1 is 1.44 bits per heavy atom. The van der Waals surface area contributed by atoms with Crippen LogP contribution in [0.3, 0.4) is 0 Å². The van der Waals surface area contributed by atoms with Crippen LogP contribution in [-0.4, -0.2) is 36.3 Å². The van der Waals surface area contributed by atoms with Crippen LogP contribution in [0, 0.1) is 0 Å². The van der Waals surface area contributed by atoms with E-state index in [0.29, 0.717) is 18.8 Å². The summed E-state index contributed by atoms with van der Waals surface area (Å²) < 4.78 is 40.5. The fourth-order valence-corrected chi connectivity index (χ4v) is 1.79. The molecule has 0 spiro atoms. The number of carbonyl (C=O) groups excluding carboxylic acids is 1. The topological polar surface area (TPSA) is 42.4 Å². The first-order chi connectivity index (χ1) is 8.47. The van der Waals surface area contributed by atoms with Gasteiger partial charge in [0, 0.05) is 19.2 Å². The lowest BCUT2D eigenvalue weighted by molar-refractivity contribution is -0.203. The number of pyridine rings is 1. The lowest BCUT2D eigenvalue weighted by Gasteiger charge is -2.17. The first kappa shape index (κ1) is 12.7. The minimum absolute atomic E-state index is 0.235. The summed E-state index contributed by atoms with van der Waals surface area (Å²) in [6, 6.07) is 5.30. The second-order valence-electron chi connectivity index (χ2n) is 3.95. The molecule has 0 aliphatic carbocycles. The monoisotopic (exact) mass is 260 g/mol. The Morgan fingerprint density at radius 2 is 2.22 bits per heavy atom. The third-order valence-electron chi connectivity index (χ3n) is 2.62. The molecule has 0 radical (unpaired) electrons. The third-order valence-corrected chi connectivity index (χ3v) is 2.62. The van der Waals surface area contributed by atoms with Gasteiger partial charge in [0.25, 0.3) is 0 Å². The molecule has 0 aromatic carbocycles. The van der Waals surface area contributed by atoms with Crippen LogP contribution in [0.2, 0.25) is 0 Å². The molecule has 98 valence electrons. The number of alkyl halides is 3. The standard InChI is InChI=1S/C11H11F3N2O2/c12-11(13,14)10(17)18-8-4-6-16(7-8)9-3-1-2-5-15-9/h1-3,5,8H,4,6-7H2. The smallest absolute Gasteiger partial charge is 0.454 e. The highest BCUT2D eigenvalue weighted by atomic mass is 19.4. The molecule has 1 atom stereocenters. The SMILES string of the molecule is O=C(OC1CCN(c2ccccn2)C1)C(F)(F)F. The van der Waals surface area contributed by atoms with Crippen LogP contribution < -0.4 is 4.90 Å². The second-order valence-corrected chi connectivity index (χ2v) is 3.95. The van der Waals surface area contributed by atoms with E-state index in [-0.39, 0.29) is 6.54 Å². The van der Waals surface area contributed by atoms with Crippen LogP contribution in [0.1, 0.15) is 6.42 Å². The molecule has 1 aliphatic heterocycles. The zero-order chi connectivity index (χ0) is 13.2. The van der Waals surface area contributed by atoms with Crippen molar-refractivity contribution in [1.29, 1.82) is 0 Å². The molecule has 4 nitrogen and oxygen atoms in total. The maximum atomic E-state index is 12.0. The van der Waals surface area contributed by atoms with Crippen LogP contribution in [0.25, 0.3) is 0 Å². The highest BCUT2D eigenvalue weighted by molar-refractivity contribution is 5.75. The molecule has 1 saturated heterocycles. The molecule has 1 aliphatic rings. The normalized spacial score (nSPS) is 19.9. The fraction of sp³-hybridized carbons (Fsp3) is 0.455. The number of esters is 1. The highest BCUT2D eigenvalue weighted by Crippen LogP contribution is 2.23. The summed E-state index contributed by atoms with van der Waals surface area (Å²) in [7, 11) is 0. The van der Waals surface area contributed by atoms with E-state index in [1.54, 1.807) is 29.3 Å². The number of anilines is 1. The van der Waals surface area contributed by atoms with E-state index >= 15 is 0 Å². The third kappa shape index (κ3) is 2.91. The Balaban J connectivity index is 1.92. The zero-order valence-corrected chi connectivity index (χ0v) is 9.35. The minimum atomic E-state index is -4.93. The summed E-state index contributed by atoms with van der Waals surface area (Å²) >= 11 is 0. The fourth-order valence-electron chi connectivity index (χ4n) is 1.79. The van der Waals surface area contributed by atoms with Gasteiger partial charge < -0.3 is 9.64 Å². The van der Waals surface area contributed by atoms with E-state index in [9.17, 15) is 18.0 Å². The van der Waals surface area contributed by atoms with Crippen molar-refractivity contribution in [3.05, 3.63) is 24.4 Å². The van der Waals surface area contributed by atoms with Crippen molar-refractivity contribution >= 4 is 11.8 Å². The number of hydrogen-bond acceptors (Lipinski definition) is 4. The number of nitrogens with zero attached hydrogens (tertiary/aromatic N) is 2. The zero-order valence-electron chi connectivity index (χ0n) is 9.35. The average Bonchev–Trinajstić information content (AvgIpc) is 2.77. The lowest BCUT2D eigenvalue weighted by Crippen LogP contribution is -2.32. The van der Waals surface area contributed by atoms with E-state index in [1.807, 2.05) is 0 Å². The van der Waals surface area contributed by atoms with Crippen LogP contribution in [-0.2, 0) is 9.53 Å². The second kappa shape index (κ2) is 4.83. The Labute approximate surface area is 101 Å². The first-order valence-electron chi connectivity index (χ1n) is 5.40. The molecule has 1 aromatic heterocycles. The van der Waals surface area contributed by atoms with E-state index in [0.717, 1.165) is 0 Å². The van der Waals surface area contributed by atoms with Gasteiger partial charge in [-0.2, -0.15) is 13.2 Å². The van der Waals surface area contributed by atoms with E-state index < -0.39 is 18.2 Å². The molecule has 1 aromatic rings. The minimum Gasteiger partial charge on any atom is -0.454 e. The van der Waals surface area contributed by atoms with Gasteiger partial charge in [0.15, 0.2) is 0 Å². The van der Waals surface area contributed by atoms with Gasteiger partial charge >= 0.3 is 12.1 Å². The molecule has 1 unspecified atom stereocenters. The number of aromatic nitrogens is 1. The van der Waals surface area contributed by atoms with Gasteiger partial charge in [-0.3, -0.25) is 0 Å². The summed E-state index contributed by atoms with van der Waals surface area (Å²) in [6.07, 6.45) is -3.69. The van der Waals surface area contributed by atoms with Crippen molar-refractivity contribution in [1.82, 2.24) is 4.98 Å². The molecule has 2 heterocycles. The average molecular weight is 260 g/mol. The summed E-state index contributed by atoms with van der Waals surface area (Å²) in [5.74, 6) is -1.46. The van der Waals surface area contributed by atoms with Crippen LogP contribution in [0.5, 0.6) is 0 Å². The quantitative estimate of drug-likeness (QED) is 0.760. The largest absolute Gasteiger partial charge is 0.490 e. The molecule has 0 N–H and O–H groups in total. The van der Waals surface area contributed by atoms with Gasteiger partial charge in [-0.15, -0.1) is 0 Å². The lowest BCUT2D eigenvalue weighted by atomic mass is 10.3. The number of hydrogen-bond donors (Lipinski definition) is 0. The molecular formula is C11H11F3N2O2. The summed E-state index contributed by atoms with van der Waals surface area (Å²) in [4.78, 5) is 16.6. The predicted molar refractivity (Wildman–Crippen MR) is 57.0 cm³/mol. The van der Waals surface area contributed by atoms with Crippen LogP contribution in [0.4, 0.5) is 19.0 Å². The number of halogens is 3. The van der Waals surface area contributed by atoms with E-state index in [2.05, 4.69) is 9.72 Å². The Bertz CT molecular complexity index is 422. The maximum absolute atomic E-state index is 12.0. The van der Waals surface area contributed by atoms with Gasteiger partial charge in [-0.25, -0.2) is 9.78 Å². The Hall–Kier alpha value is -1.79. The van der Waals surface area contributed by atoms with Gasteiger partial charge in [-0.05, 0) is 12.1 Å². The molecule has 18 heavy (non-hydrogen) atoms. The molecule has 2 rings (SSSR count). The molecule has 0 amide bonds. The van der Waals surface area contributed by atoms with Crippen molar-refractivity contribution < 1.29 is 22.7 Å². The van der Waals surface area contributed by atoms with Gasteiger partial charge in [0.2, 0.25) is 0 Å². The van der Waals surface area contributed by atoms with E-state index in [4.69, 9.17) is 0 Å². The van der Waals surface area contributed by atoms with Crippen LogP contribution in [0.15, 0.2) is 24.4 Å². The van der Waals surface area contributed by atoms with Gasteiger partial charge in [-0.1, -0.05) is 6.07 Å². The van der Waals surface area contributed by atoms with Gasteiger partial charge in [0.1, 0.15) is 11.9 Å². The molecule has 1 fully saturated rings. The maximum Gasteiger partial charge on any atom is 0.490 e.